The highest BCUT2D eigenvalue weighted by Crippen LogP contribution is 2.60. The van der Waals surface area contributed by atoms with Gasteiger partial charge in [0.2, 0.25) is 18.0 Å². The lowest BCUT2D eigenvalue weighted by atomic mass is 9.58. The average molecular weight is 516 g/mol. The van der Waals surface area contributed by atoms with Gasteiger partial charge in [0.1, 0.15) is 6.04 Å². The van der Waals surface area contributed by atoms with Crippen LogP contribution < -0.4 is 5.32 Å². The molecule has 1 aliphatic carbocycles. The highest BCUT2D eigenvalue weighted by molar-refractivity contribution is 7.98. The van der Waals surface area contributed by atoms with Crippen molar-refractivity contribution in [1.29, 1.82) is 0 Å². The third-order valence-electron chi connectivity index (χ3n) is 8.14. The number of hydrogen-bond donors (Lipinski definition) is 2. The van der Waals surface area contributed by atoms with Crippen molar-refractivity contribution in [2.24, 2.45) is 23.7 Å². The number of amides is 1. The van der Waals surface area contributed by atoms with Crippen molar-refractivity contribution in [3.8, 4) is 0 Å². The molecule has 9 atom stereocenters. The number of nitrogens with one attached hydrogen (secondary N) is 1. The Kier molecular flexibility index (Phi) is 8.02. The predicted molar refractivity (Wildman–Crippen MR) is 125 cm³/mol. The molecule has 0 aromatic heterocycles. The van der Waals surface area contributed by atoms with Gasteiger partial charge in [0.15, 0.2) is 11.9 Å². The van der Waals surface area contributed by atoms with Crippen LogP contribution in [-0.2, 0) is 38.4 Å². The molecule has 5 rings (SSSR count). The largest absolute Gasteiger partial charge is 0.480 e. The number of aliphatic carboxylic acids is 1. The smallest absolute Gasteiger partial charge is 0.326 e. The molecule has 4 aliphatic heterocycles. The zero-order valence-corrected chi connectivity index (χ0v) is 21.6. The monoisotopic (exact) mass is 515 g/mol. The minimum atomic E-state index is -1.09. The Balaban J connectivity index is 1.37. The molecule has 0 aromatic carbocycles. The van der Waals surface area contributed by atoms with E-state index in [1.165, 1.54) is 11.8 Å². The number of carboxylic acid groups (broad SMARTS) is 1. The summed E-state index contributed by atoms with van der Waals surface area (Å²) in [4.78, 5) is 48.1. The van der Waals surface area contributed by atoms with Gasteiger partial charge in [-0.25, -0.2) is 14.6 Å². The van der Waals surface area contributed by atoms with E-state index in [9.17, 15) is 19.5 Å². The topological polar surface area (TPSA) is 130 Å². The Morgan fingerprint density at radius 3 is 2.63 bits per heavy atom. The highest BCUT2D eigenvalue weighted by Gasteiger charge is 2.69. The van der Waals surface area contributed by atoms with Crippen LogP contribution in [0.15, 0.2) is 0 Å². The molecule has 198 valence electrons. The third-order valence-corrected chi connectivity index (χ3v) is 8.79. The first-order chi connectivity index (χ1) is 16.6. The van der Waals surface area contributed by atoms with E-state index in [2.05, 4.69) is 12.2 Å². The molecule has 0 aromatic rings. The van der Waals surface area contributed by atoms with Gasteiger partial charge in [-0.15, -0.1) is 0 Å². The Labute approximate surface area is 210 Å². The zero-order chi connectivity index (χ0) is 25.4. The Hall–Kier alpha value is -1.40. The summed E-state index contributed by atoms with van der Waals surface area (Å²) < 4.78 is 18.2. The number of hydrogen-bond acceptors (Lipinski definition) is 9. The van der Waals surface area contributed by atoms with E-state index in [0.29, 0.717) is 24.5 Å². The van der Waals surface area contributed by atoms with Gasteiger partial charge in [-0.05, 0) is 56.5 Å². The minimum absolute atomic E-state index is 0.0268. The molecule has 2 N–H and O–H groups in total. The van der Waals surface area contributed by atoms with Crippen LogP contribution in [-0.4, -0.2) is 65.0 Å². The fourth-order valence-electron chi connectivity index (χ4n) is 6.17. The SMILES string of the molecule is CSCC[C@H](NC(=O)CCC(=O)O[C@@H]1O[C@@H]2O[C@]3(C)CC[C@H]4[C@H](C)CC[C@@H]([C@H]1C)[C@]24OO3)C(=O)O. The maximum Gasteiger partial charge on any atom is 0.326 e. The summed E-state index contributed by atoms with van der Waals surface area (Å²) in [7, 11) is 0. The summed E-state index contributed by atoms with van der Waals surface area (Å²) in [5, 5.41) is 11.8. The Morgan fingerprint density at radius 1 is 1.14 bits per heavy atom. The van der Waals surface area contributed by atoms with Crippen molar-refractivity contribution in [3.63, 3.8) is 0 Å². The summed E-state index contributed by atoms with van der Waals surface area (Å²) >= 11 is 1.50. The molecule has 10 nitrogen and oxygen atoms in total. The van der Waals surface area contributed by atoms with Crippen LogP contribution in [0.1, 0.15) is 65.7 Å². The van der Waals surface area contributed by atoms with E-state index in [0.717, 1.165) is 19.3 Å². The third kappa shape index (κ3) is 5.20. The quantitative estimate of drug-likeness (QED) is 0.349. The van der Waals surface area contributed by atoms with E-state index >= 15 is 0 Å². The summed E-state index contributed by atoms with van der Waals surface area (Å²) in [6, 6.07) is -0.975. The molecule has 2 bridgehead atoms. The van der Waals surface area contributed by atoms with Gasteiger partial charge in [-0.1, -0.05) is 13.8 Å². The molecule has 35 heavy (non-hydrogen) atoms. The molecule has 4 saturated heterocycles. The second kappa shape index (κ2) is 10.5. The average Bonchev–Trinajstić information content (AvgIpc) is 3.04. The lowest BCUT2D eigenvalue weighted by Gasteiger charge is -2.59. The van der Waals surface area contributed by atoms with E-state index in [4.69, 9.17) is 24.0 Å². The first-order valence-corrected chi connectivity index (χ1v) is 13.9. The number of carbonyl (C=O) groups excluding carboxylic acids is 2. The fraction of sp³-hybridized carbons (Fsp3) is 0.875. The number of rotatable bonds is 9. The van der Waals surface area contributed by atoms with Crippen molar-refractivity contribution in [2.45, 2.75) is 95.7 Å². The van der Waals surface area contributed by atoms with Crippen molar-refractivity contribution in [3.05, 3.63) is 0 Å². The van der Waals surface area contributed by atoms with E-state index < -0.39 is 47.9 Å². The zero-order valence-electron chi connectivity index (χ0n) is 20.8. The number of carbonyl (C=O) groups is 3. The van der Waals surface area contributed by atoms with E-state index in [1.807, 2.05) is 20.1 Å². The lowest BCUT2D eigenvalue weighted by Crippen LogP contribution is -2.70. The number of fused-ring (bicyclic) bond motifs is 2. The molecule has 1 amide bonds. The molecule has 5 fully saturated rings. The van der Waals surface area contributed by atoms with Crippen molar-refractivity contribution in [1.82, 2.24) is 5.32 Å². The number of carboxylic acids is 1. The molecule has 0 radical (unpaired) electrons. The summed E-state index contributed by atoms with van der Waals surface area (Å²) in [6.45, 7) is 6.05. The normalized spacial score (nSPS) is 40.8. The maximum atomic E-state index is 12.6. The van der Waals surface area contributed by atoms with Crippen LogP contribution in [0.3, 0.4) is 0 Å². The number of thioether (sulfide) groups is 1. The van der Waals surface area contributed by atoms with Crippen molar-refractivity contribution in [2.75, 3.05) is 12.0 Å². The van der Waals surface area contributed by atoms with Crippen LogP contribution in [0.25, 0.3) is 0 Å². The molecule has 1 saturated carbocycles. The second-order valence-electron chi connectivity index (χ2n) is 10.5. The second-order valence-corrected chi connectivity index (χ2v) is 11.5. The summed E-state index contributed by atoms with van der Waals surface area (Å²) in [6.07, 6.45) is 3.82. The molecule has 5 aliphatic rings. The molecule has 0 unspecified atom stereocenters. The van der Waals surface area contributed by atoms with Gasteiger partial charge in [0, 0.05) is 24.7 Å². The lowest BCUT2D eigenvalue weighted by molar-refractivity contribution is -0.576. The van der Waals surface area contributed by atoms with Crippen LogP contribution >= 0.6 is 11.8 Å². The van der Waals surface area contributed by atoms with E-state index in [1.54, 1.807) is 0 Å². The molecular weight excluding hydrogens is 478 g/mol. The standard InChI is InChI=1S/C24H37NO9S/c1-13-5-6-16-14(2)21(31-22-24(16)15(13)9-11-23(3,32-22)33-34-24)30-19(27)8-7-18(26)25-17(20(28)29)10-12-35-4/h13-17,21-22H,5-12H2,1-4H3,(H,25,26)(H,28,29)/t13-,14-,15+,16+,17+,21-,22-,23+,24+/m1/s1. The Morgan fingerprint density at radius 2 is 1.91 bits per heavy atom. The van der Waals surface area contributed by atoms with Crippen molar-refractivity contribution >= 4 is 29.6 Å². The highest BCUT2D eigenvalue weighted by atomic mass is 32.2. The van der Waals surface area contributed by atoms with Gasteiger partial charge < -0.3 is 24.6 Å². The van der Waals surface area contributed by atoms with E-state index in [-0.39, 0.29) is 30.6 Å². The molecular formula is C24H37NO9S. The first kappa shape index (κ1) is 26.7. The van der Waals surface area contributed by atoms with Gasteiger partial charge in [0.25, 0.3) is 0 Å². The minimum Gasteiger partial charge on any atom is -0.480 e. The van der Waals surface area contributed by atoms with Gasteiger partial charge >= 0.3 is 11.9 Å². The summed E-state index contributed by atoms with van der Waals surface area (Å²) in [5.41, 5.74) is -0.738. The fourth-order valence-corrected chi connectivity index (χ4v) is 6.64. The van der Waals surface area contributed by atoms with Crippen molar-refractivity contribution < 1.29 is 43.5 Å². The number of ether oxygens (including phenoxy) is 3. The Bertz CT molecular complexity index is 827. The molecule has 4 heterocycles. The molecule has 11 heteroatoms. The van der Waals surface area contributed by atoms with Crippen LogP contribution in [0.2, 0.25) is 0 Å². The van der Waals surface area contributed by atoms with Gasteiger partial charge in [-0.3, -0.25) is 9.59 Å². The number of esters is 1. The van der Waals surface area contributed by atoms with Crippen LogP contribution in [0.5, 0.6) is 0 Å². The van der Waals surface area contributed by atoms with Gasteiger partial charge in [0.05, 0.1) is 6.42 Å². The maximum absolute atomic E-state index is 12.6. The van der Waals surface area contributed by atoms with Gasteiger partial charge in [-0.2, -0.15) is 11.8 Å². The van der Waals surface area contributed by atoms with Crippen LogP contribution in [0.4, 0.5) is 0 Å². The summed E-state index contributed by atoms with van der Waals surface area (Å²) in [5.74, 6) is -1.96. The first-order valence-electron chi connectivity index (χ1n) is 12.5. The van der Waals surface area contributed by atoms with Crippen LogP contribution in [0, 0.1) is 23.7 Å². The predicted octanol–water partition coefficient (Wildman–Crippen LogP) is 2.84. The molecule has 1 spiro atoms.